The van der Waals surface area contributed by atoms with Crippen molar-refractivity contribution >= 4 is 23.4 Å². The van der Waals surface area contributed by atoms with Gasteiger partial charge in [-0.25, -0.2) is 0 Å². The summed E-state index contributed by atoms with van der Waals surface area (Å²) in [6, 6.07) is 10.0. The highest BCUT2D eigenvalue weighted by Crippen LogP contribution is 2.10. The molecule has 7 heteroatoms. The van der Waals surface area contributed by atoms with Crippen LogP contribution in [0.1, 0.15) is 22.8 Å². The van der Waals surface area contributed by atoms with Gasteiger partial charge in [0.05, 0.1) is 5.56 Å². The number of anilines is 1. The molecule has 1 heterocycles. The van der Waals surface area contributed by atoms with Crippen molar-refractivity contribution in [1.29, 1.82) is 0 Å². The highest BCUT2D eigenvalue weighted by Gasteiger charge is 2.23. The van der Waals surface area contributed by atoms with Gasteiger partial charge in [-0.3, -0.25) is 24.7 Å². The van der Waals surface area contributed by atoms with Gasteiger partial charge >= 0.3 is 11.8 Å². The number of aromatic nitrogens is 1. The first-order chi connectivity index (χ1) is 12.0. The molecule has 2 rings (SSSR count). The topological polar surface area (TPSA) is 105 Å². The molecule has 0 atom stereocenters. The van der Waals surface area contributed by atoms with Crippen LogP contribution >= 0.6 is 0 Å². The summed E-state index contributed by atoms with van der Waals surface area (Å²) in [6.45, 7) is 2.50. The van der Waals surface area contributed by atoms with Gasteiger partial charge in [-0.15, -0.1) is 0 Å². The smallest absolute Gasteiger partial charge is 0.316 e. The standard InChI is InChI=1S/C18H20N4O3/c1-2-22(12-9-13-7-10-20-11-8-13)18(25)17(24)21-16(23)14-5-3-4-6-15(14)19/h3-8,10-11H,2,9,12,19H2,1H3,(H,21,23,24). The first-order valence-corrected chi connectivity index (χ1v) is 7.91. The van der Waals surface area contributed by atoms with Gasteiger partial charge in [-0.1, -0.05) is 12.1 Å². The van der Waals surface area contributed by atoms with Crippen molar-refractivity contribution in [3.05, 3.63) is 59.9 Å². The van der Waals surface area contributed by atoms with Crippen LogP contribution in [0.4, 0.5) is 5.69 Å². The molecule has 2 aromatic rings. The molecule has 0 radical (unpaired) electrons. The van der Waals surface area contributed by atoms with E-state index < -0.39 is 17.7 Å². The number of nitrogens with zero attached hydrogens (tertiary/aromatic N) is 2. The Morgan fingerprint density at radius 3 is 2.44 bits per heavy atom. The lowest BCUT2D eigenvalue weighted by molar-refractivity contribution is -0.145. The summed E-state index contributed by atoms with van der Waals surface area (Å²) in [7, 11) is 0. The molecule has 0 bridgehead atoms. The molecule has 1 aromatic heterocycles. The lowest BCUT2D eigenvalue weighted by Gasteiger charge is -2.20. The molecule has 25 heavy (non-hydrogen) atoms. The summed E-state index contributed by atoms with van der Waals surface area (Å²) in [5.41, 5.74) is 7.10. The van der Waals surface area contributed by atoms with Gasteiger partial charge in [-0.2, -0.15) is 0 Å². The van der Waals surface area contributed by atoms with E-state index in [1.807, 2.05) is 12.1 Å². The number of benzene rings is 1. The van der Waals surface area contributed by atoms with Crippen molar-refractivity contribution < 1.29 is 14.4 Å². The number of imide groups is 1. The van der Waals surface area contributed by atoms with Crippen LogP contribution in [-0.4, -0.2) is 40.7 Å². The molecule has 0 saturated heterocycles. The summed E-state index contributed by atoms with van der Waals surface area (Å²) in [5.74, 6) is -2.41. The van der Waals surface area contributed by atoms with E-state index in [1.54, 1.807) is 37.5 Å². The fourth-order valence-electron chi connectivity index (χ4n) is 2.29. The molecular weight excluding hydrogens is 320 g/mol. The maximum absolute atomic E-state index is 12.3. The number of hydrogen-bond donors (Lipinski definition) is 2. The van der Waals surface area contributed by atoms with Gasteiger partial charge in [0.1, 0.15) is 0 Å². The van der Waals surface area contributed by atoms with E-state index >= 15 is 0 Å². The van der Waals surface area contributed by atoms with Crippen molar-refractivity contribution in [1.82, 2.24) is 15.2 Å². The Kier molecular flexibility index (Phi) is 6.22. The second-order valence-corrected chi connectivity index (χ2v) is 5.36. The summed E-state index contributed by atoms with van der Waals surface area (Å²) in [6.07, 6.45) is 3.93. The maximum atomic E-state index is 12.3. The molecule has 0 saturated carbocycles. The zero-order valence-corrected chi connectivity index (χ0v) is 13.9. The Balaban J connectivity index is 1.96. The lowest BCUT2D eigenvalue weighted by atomic mass is 10.1. The van der Waals surface area contributed by atoms with E-state index in [-0.39, 0.29) is 11.3 Å². The highest BCUT2D eigenvalue weighted by molar-refractivity contribution is 6.38. The fraction of sp³-hybridized carbons (Fsp3) is 0.222. The summed E-state index contributed by atoms with van der Waals surface area (Å²) < 4.78 is 0. The quantitative estimate of drug-likeness (QED) is 0.624. The van der Waals surface area contributed by atoms with Crippen LogP contribution in [0.5, 0.6) is 0 Å². The van der Waals surface area contributed by atoms with E-state index in [0.29, 0.717) is 19.5 Å². The molecule has 0 aliphatic rings. The fourth-order valence-corrected chi connectivity index (χ4v) is 2.29. The predicted molar refractivity (Wildman–Crippen MR) is 93.5 cm³/mol. The molecule has 3 N–H and O–H groups in total. The number of nitrogens with one attached hydrogen (secondary N) is 1. The zero-order chi connectivity index (χ0) is 18.2. The largest absolute Gasteiger partial charge is 0.398 e. The number of nitrogens with two attached hydrogens (primary N) is 1. The van der Waals surface area contributed by atoms with Crippen LogP contribution in [0.2, 0.25) is 0 Å². The number of hydrogen-bond acceptors (Lipinski definition) is 5. The number of likely N-dealkylation sites (N-methyl/N-ethyl adjacent to an activating group) is 1. The third-order valence-electron chi connectivity index (χ3n) is 3.72. The molecule has 0 fully saturated rings. The Morgan fingerprint density at radius 1 is 1.12 bits per heavy atom. The molecule has 130 valence electrons. The summed E-state index contributed by atoms with van der Waals surface area (Å²) >= 11 is 0. The molecule has 0 unspecified atom stereocenters. The summed E-state index contributed by atoms with van der Waals surface area (Å²) in [4.78, 5) is 41.7. The van der Waals surface area contributed by atoms with E-state index in [2.05, 4.69) is 10.3 Å². The maximum Gasteiger partial charge on any atom is 0.316 e. The van der Waals surface area contributed by atoms with Gasteiger partial charge in [-0.05, 0) is 43.2 Å². The normalized spacial score (nSPS) is 10.1. The van der Waals surface area contributed by atoms with Gasteiger partial charge < -0.3 is 10.6 Å². The second-order valence-electron chi connectivity index (χ2n) is 5.36. The Labute approximate surface area is 145 Å². The molecule has 0 spiro atoms. The molecular formula is C18H20N4O3. The van der Waals surface area contributed by atoms with Gasteiger partial charge in [0.2, 0.25) is 0 Å². The van der Waals surface area contributed by atoms with E-state index in [0.717, 1.165) is 5.56 Å². The third-order valence-corrected chi connectivity index (χ3v) is 3.72. The molecule has 1 aromatic carbocycles. The van der Waals surface area contributed by atoms with Crippen LogP contribution in [0.3, 0.4) is 0 Å². The van der Waals surface area contributed by atoms with Gasteiger partial charge in [0.25, 0.3) is 5.91 Å². The lowest BCUT2D eigenvalue weighted by Crippen LogP contribution is -2.45. The average molecular weight is 340 g/mol. The van der Waals surface area contributed by atoms with Crippen molar-refractivity contribution in [3.8, 4) is 0 Å². The second kappa shape index (κ2) is 8.58. The number of carbonyl (C=O) groups is 3. The monoisotopic (exact) mass is 340 g/mol. The molecule has 3 amide bonds. The third kappa shape index (κ3) is 4.87. The Hall–Kier alpha value is -3.22. The molecule has 0 aliphatic heterocycles. The minimum atomic E-state index is -0.968. The number of pyridine rings is 1. The van der Waals surface area contributed by atoms with E-state index in [4.69, 9.17) is 5.73 Å². The Bertz CT molecular complexity index is 762. The zero-order valence-electron chi connectivity index (χ0n) is 13.9. The van der Waals surface area contributed by atoms with E-state index in [1.165, 1.54) is 11.0 Å². The van der Waals surface area contributed by atoms with Crippen LogP contribution in [0, 0.1) is 0 Å². The van der Waals surface area contributed by atoms with Crippen molar-refractivity contribution in [3.63, 3.8) is 0 Å². The number of carbonyl (C=O) groups excluding carboxylic acids is 3. The minimum Gasteiger partial charge on any atom is -0.398 e. The molecule has 0 aliphatic carbocycles. The first kappa shape index (κ1) is 18.1. The number of amides is 3. The van der Waals surface area contributed by atoms with Gasteiger partial charge in [0.15, 0.2) is 0 Å². The number of rotatable bonds is 5. The number of para-hydroxylation sites is 1. The van der Waals surface area contributed by atoms with Crippen LogP contribution in [0.15, 0.2) is 48.8 Å². The van der Waals surface area contributed by atoms with Crippen molar-refractivity contribution in [2.24, 2.45) is 0 Å². The first-order valence-electron chi connectivity index (χ1n) is 7.91. The number of nitrogen functional groups attached to an aromatic ring is 1. The van der Waals surface area contributed by atoms with Gasteiger partial charge in [0, 0.05) is 31.2 Å². The molecule has 7 nitrogen and oxygen atoms in total. The SMILES string of the molecule is CCN(CCc1ccncc1)C(=O)C(=O)NC(=O)c1ccccc1N. The van der Waals surface area contributed by atoms with Crippen LogP contribution in [0.25, 0.3) is 0 Å². The summed E-state index contributed by atoms with van der Waals surface area (Å²) in [5, 5.41) is 2.09. The average Bonchev–Trinajstić information content (AvgIpc) is 2.63. The Morgan fingerprint density at radius 2 is 1.80 bits per heavy atom. The predicted octanol–water partition coefficient (Wildman–Crippen LogP) is 1.01. The minimum absolute atomic E-state index is 0.156. The van der Waals surface area contributed by atoms with Crippen molar-refractivity contribution in [2.45, 2.75) is 13.3 Å². The van der Waals surface area contributed by atoms with Crippen LogP contribution in [-0.2, 0) is 16.0 Å². The van der Waals surface area contributed by atoms with E-state index in [9.17, 15) is 14.4 Å². The highest BCUT2D eigenvalue weighted by atomic mass is 16.2. The van der Waals surface area contributed by atoms with Crippen LogP contribution < -0.4 is 11.1 Å². The van der Waals surface area contributed by atoms with Crippen molar-refractivity contribution in [2.75, 3.05) is 18.8 Å².